The number of carbonyl (C=O) groups is 2. The van der Waals surface area contributed by atoms with Gasteiger partial charge in [-0.25, -0.2) is 8.42 Å². The normalized spacial score (nSPS) is 23.3. The highest BCUT2D eigenvalue weighted by molar-refractivity contribution is 7.89. The summed E-state index contributed by atoms with van der Waals surface area (Å²) < 4.78 is 64.9. The van der Waals surface area contributed by atoms with E-state index in [-0.39, 0.29) is 48.8 Å². The summed E-state index contributed by atoms with van der Waals surface area (Å²) >= 11 is 0. The highest BCUT2D eigenvalue weighted by atomic mass is 32.2. The Bertz CT molecular complexity index is 953. The molecule has 1 aromatic carbocycles. The van der Waals surface area contributed by atoms with E-state index < -0.39 is 27.8 Å². The fourth-order valence-corrected chi connectivity index (χ4v) is 5.60. The molecule has 3 fully saturated rings. The molecule has 1 saturated carbocycles. The van der Waals surface area contributed by atoms with Gasteiger partial charge in [0.15, 0.2) is 0 Å². The van der Waals surface area contributed by atoms with Crippen molar-refractivity contribution < 1.29 is 31.2 Å². The monoisotopic (exact) mass is 459 g/mol. The molecular weight excluding hydrogens is 435 g/mol. The second kappa shape index (κ2) is 8.09. The van der Waals surface area contributed by atoms with Crippen molar-refractivity contribution in [2.75, 3.05) is 32.7 Å². The second-order valence-electron chi connectivity index (χ2n) is 8.22. The Labute approximate surface area is 178 Å². The quantitative estimate of drug-likeness (QED) is 0.690. The molecule has 2 aliphatic heterocycles. The number of rotatable bonds is 4. The molecule has 0 N–H and O–H groups in total. The summed E-state index contributed by atoms with van der Waals surface area (Å²) in [5.74, 6) is -0.0726. The van der Waals surface area contributed by atoms with Gasteiger partial charge in [0, 0.05) is 38.6 Å². The maximum Gasteiger partial charge on any atom is 0.416 e. The molecule has 1 aromatic rings. The number of carbonyl (C=O) groups excluding carboxylic acids is 2. The Morgan fingerprint density at radius 1 is 0.871 bits per heavy atom. The van der Waals surface area contributed by atoms with E-state index in [0.29, 0.717) is 13.0 Å². The third-order valence-corrected chi connectivity index (χ3v) is 8.03. The highest BCUT2D eigenvalue weighted by Gasteiger charge is 2.43. The fourth-order valence-electron chi connectivity index (χ4n) is 4.18. The van der Waals surface area contributed by atoms with Gasteiger partial charge >= 0.3 is 6.18 Å². The Morgan fingerprint density at radius 3 is 2.03 bits per heavy atom. The summed E-state index contributed by atoms with van der Waals surface area (Å²) in [6, 6.07) is 2.92. The average Bonchev–Trinajstić information content (AvgIpc) is 3.48. The number of benzene rings is 1. The van der Waals surface area contributed by atoms with Gasteiger partial charge < -0.3 is 9.80 Å². The zero-order valence-electron chi connectivity index (χ0n) is 16.8. The summed E-state index contributed by atoms with van der Waals surface area (Å²) in [6.07, 6.45) is -1.41. The molecule has 0 aromatic heterocycles. The van der Waals surface area contributed by atoms with Crippen LogP contribution in [0.3, 0.4) is 0 Å². The van der Waals surface area contributed by atoms with Crippen LogP contribution in [0.5, 0.6) is 0 Å². The van der Waals surface area contributed by atoms with Crippen LogP contribution in [0.1, 0.15) is 31.2 Å². The van der Waals surface area contributed by atoms with Crippen LogP contribution in [0.2, 0.25) is 0 Å². The van der Waals surface area contributed by atoms with Crippen LogP contribution < -0.4 is 0 Å². The van der Waals surface area contributed by atoms with Crippen LogP contribution in [0, 0.1) is 5.92 Å². The van der Waals surface area contributed by atoms with E-state index in [1.54, 1.807) is 9.80 Å². The second-order valence-corrected chi connectivity index (χ2v) is 10.2. The van der Waals surface area contributed by atoms with E-state index in [9.17, 15) is 31.2 Å². The molecule has 2 saturated heterocycles. The summed E-state index contributed by atoms with van der Waals surface area (Å²) in [6.45, 7) is 1.05. The molecule has 4 rings (SSSR count). The van der Waals surface area contributed by atoms with Crippen molar-refractivity contribution in [2.24, 2.45) is 5.92 Å². The first-order valence-corrected chi connectivity index (χ1v) is 11.8. The molecule has 1 aliphatic carbocycles. The van der Waals surface area contributed by atoms with Gasteiger partial charge in [0.1, 0.15) is 6.04 Å². The molecule has 0 spiro atoms. The zero-order chi connectivity index (χ0) is 22.4. The minimum absolute atomic E-state index is 0.0409. The van der Waals surface area contributed by atoms with Gasteiger partial charge in [0.2, 0.25) is 21.8 Å². The number of hydrogen-bond donors (Lipinski definition) is 0. The number of alkyl halides is 3. The lowest BCUT2D eigenvalue weighted by Gasteiger charge is -2.36. The molecule has 3 aliphatic rings. The summed E-state index contributed by atoms with van der Waals surface area (Å²) in [4.78, 5) is 28.4. The summed E-state index contributed by atoms with van der Waals surface area (Å²) in [5, 5.41) is 0. The zero-order valence-corrected chi connectivity index (χ0v) is 17.7. The number of likely N-dealkylation sites (tertiary alicyclic amines) is 1. The van der Waals surface area contributed by atoms with Gasteiger partial charge in [0.05, 0.1) is 10.5 Å². The third kappa shape index (κ3) is 4.43. The smallest absolute Gasteiger partial charge is 0.338 e. The molecule has 2 amide bonds. The maximum atomic E-state index is 13.0. The standard InChI is InChI=1S/C20H24F3N3O4S/c21-20(22,23)15-5-7-16(8-6-15)31(29,30)25-12-10-24(11-13-25)19(28)17-2-1-9-26(17)18(27)14-3-4-14/h5-8,14,17H,1-4,9-13H2. The molecule has 0 bridgehead atoms. The van der Waals surface area contributed by atoms with Gasteiger partial charge in [-0.1, -0.05) is 0 Å². The lowest BCUT2D eigenvalue weighted by Crippen LogP contribution is -2.55. The SMILES string of the molecule is O=C(C1CCCN1C(=O)C1CC1)N1CCN(S(=O)(=O)c2ccc(C(F)(F)F)cc2)CC1. The van der Waals surface area contributed by atoms with Crippen LogP contribution in [-0.4, -0.2) is 73.1 Å². The van der Waals surface area contributed by atoms with Gasteiger partial charge in [-0.3, -0.25) is 9.59 Å². The number of nitrogens with zero attached hydrogens (tertiary/aromatic N) is 3. The Hall–Kier alpha value is -2.14. The first-order valence-electron chi connectivity index (χ1n) is 10.4. The number of sulfonamides is 1. The fraction of sp³-hybridized carbons (Fsp3) is 0.600. The number of halogens is 3. The Kier molecular flexibility index (Phi) is 5.76. The molecule has 31 heavy (non-hydrogen) atoms. The van der Waals surface area contributed by atoms with E-state index in [1.807, 2.05) is 0 Å². The van der Waals surface area contributed by atoms with E-state index in [1.165, 1.54) is 4.31 Å². The van der Waals surface area contributed by atoms with E-state index in [0.717, 1.165) is 43.5 Å². The predicted molar refractivity (Wildman–Crippen MR) is 104 cm³/mol. The minimum Gasteiger partial charge on any atom is -0.338 e. The topological polar surface area (TPSA) is 78.0 Å². The van der Waals surface area contributed by atoms with Gasteiger partial charge in [-0.15, -0.1) is 0 Å². The number of hydrogen-bond acceptors (Lipinski definition) is 4. The number of piperazine rings is 1. The molecule has 170 valence electrons. The summed E-state index contributed by atoms with van der Waals surface area (Å²) in [5.41, 5.74) is -0.913. The first-order chi connectivity index (χ1) is 14.6. The summed E-state index contributed by atoms with van der Waals surface area (Å²) in [7, 11) is -3.96. The average molecular weight is 459 g/mol. The van der Waals surface area contributed by atoms with E-state index >= 15 is 0 Å². The van der Waals surface area contributed by atoms with Crippen LogP contribution in [0.25, 0.3) is 0 Å². The van der Waals surface area contributed by atoms with E-state index in [2.05, 4.69) is 0 Å². The van der Waals surface area contributed by atoms with Gasteiger partial charge in [-0.2, -0.15) is 17.5 Å². The molecule has 7 nitrogen and oxygen atoms in total. The molecule has 1 unspecified atom stereocenters. The van der Waals surface area contributed by atoms with Crippen molar-refractivity contribution in [1.29, 1.82) is 0 Å². The van der Waals surface area contributed by atoms with Crippen molar-refractivity contribution in [2.45, 2.75) is 42.8 Å². The Balaban J connectivity index is 1.38. The predicted octanol–water partition coefficient (Wildman–Crippen LogP) is 1.94. The van der Waals surface area contributed by atoms with Crippen LogP contribution in [0.4, 0.5) is 13.2 Å². The molecule has 1 atom stereocenters. The van der Waals surface area contributed by atoms with Crippen LogP contribution in [-0.2, 0) is 25.8 Å². The van der Waals surface area contributed by atoms with E-state index in [4.69, 9.17) is 0 Å². The van der Waals surface area contributed by atoms with Crippen molar-refractivity contribution >= 4 is 21.8 Å². The van der Waals surface area contributed by atoms with Gasteiger partial charge in [-0.05, 0) is 49.9 Å². The third-order valence-electron chi connectivity index (χ3n) is 6.12. The highest BCUT2D eigenvalue weighted by Crippen LogP contribution is 2.34. The molecule has 11 heteroatoms. The molecule has 0 radical (unpaired) electrons. The molecule has 2 heterocycles. The largest absolute Gasteiger partial charge is 0.416 e. The lowest BCUT2D eigenvalue weighted by molar-refractivity contribution is -0.145. The van der Waals surface area contributed by atoms with Crippen molar-refractivity contribution in [1.82, 2.24) is 14.1 Å². The lowest BCUT2D eigenvalue weighted by atomic mass is 10.1. The van der Waals surface area contributed by atoms with Gasteiger partial charge in [0.25, 0.3) is 0 Å². The van der Waals surface area contributed by atoms with Crippen LogP contribution >= 0.6 is 0 Å². The van der Waals surface area contributed by atoms with Crippen LogP contribution in [0.15, 0.2) is 29.2 Å². The maximum absolute atomic E-state index is 13.0. The Morgan fingerprint density at radius 2 is 1.48 bits per heavy atom. The van der Waals surface area contributed by atoms with Crippen molar-refractivity contribution in [3.8, 4) is 0 Å². The van der Waals surface area contributed by atoms with Crippen molar-refractivity contribution in [3.05, 3.63) is 29.8 Å². The number of amides is 2. The van der Waals surface area contributed by atoms with Crippen molar-refractivity contribution in [3.63, 3.8) is 0 Å². The molecular formula is C20H24F3N3O4S. The first kappa shape index (κ1) is 22.1. The minimum atomic E-state index is -4.54.